The maximum absolute atomic E-state index is 4.07. The van der Waals surface area contributed by atoms with Crippen LogP contribution in [0.25, 0.3) is 10.9 Å². The molecule has 1 aliphatic rings. The van der Waals surface area contributed by atoms with E-state index in [0.717, 1.165) is 19.6 Å². The van der Waals surface area contributed by atoms with Gasteiger partial charge < -0.3 is 4.98 Å². The van der Waals surface area contributed by atoms with Crippen molar-refractivity contribution in [2.45, 2.75) is 19.0 Å². The second-order valence-electron chi connectivity index (χ2n) is 6.08. The molecule has 0 amide bonds. The zero-order chi connectivity index (χ0) is 14.9. The van der Waals surface area contributed by atoms with Crippen LogP contribution in [0.5, 0.6) is 0 Å². The van der Waals surface area contributed by atoms with Crippen molar-refractivity contribution >= 4 is 10.9 Å². The van der Waals surface area contributed by atoms with Crippen molar-refractivity contribution in [2.24, 2.45) is 0 Å². The maximum atomic E-state index is 4.07. The van der Waals surface area contributed by atoms with E-state index in [1.165, 1.54) is 27.6 Å². The van der Waals surface area contributed by atoms with Gasteiger partial charge in [-0.1, -0.05) is 48.5 Å². The van der Waals surface area contributed by atoms with Gasteiger partial charge in [0.2, 0.25) is 0 Å². The van der Waals surface area contributed by atoms with Gasteiger partial charge >= 0.3 is 0 Å². The first-order valence-electron chi connectivity index (χ1n) is 7.83. The van der Waals surface area contributed by atoms with Gasteiger partial charge in [-0.15, -0.1) is 6.58 Å². The molecular weight excluding hydrogens is 268 g/mol. The minimum atomic E-state index is 0.376. The molecule has 1 aromatic heterocycles. The second-order valence-corrected chi connectivity index (χ2v) is 6.08. The lowest BCUT2D eigenvalue weighted by molar-refractivity contribution is 0.255. The monoisotopic (exact) mass is 288 g/mol. The van der Waals surface area contributed by atoms with Gasteiger partial charge in [-0.05, 0) is 22.8 Å². The second kappa shape index (κ2) is 5.47. The first kappa shape index (κ1) is 13.4. The molecule has 0 saturated heterocycles. The predicted molar refractivity (Wildman–Crippen MR) is 91.8 cm³/mol. The predicted octanol–water partition coefficient (Wildman–Crippen LogP) is 4.45. The summed E-state index contributed by atoms with van der Waals surface area (Å²) in [5.41, 5.74) is 5.40. The summed E-state index contributed by atoms with van der Waals surface area (Å²) < 4.78 is 0. The minimum absolute atomic E-state index is 0.376. The van der Waals surface area contributed by atoms with Crippen molar-refractivity contribution in [2.75, 3.05) is 6.54 Å². The first-order valence-corrected chi connectivity index (χ1v) is 7.83. The molecular formula is C20H20N2. The lowest BCUT2D eigenvalue weighted by Crippen LogP contribution is -2.25. The first-order chi connectivity index (χ1) is 10.8. The van der Waals surface area contributed by atoms with Crippen LogP contribution in [0.2, 0.25) is 0 Å². The summed E-state index contributed by atoms with van der Waals surface area (Å²) >= 11 is 0. The highest BCUT2D eigenvalue weighted by Crippen LogP contribution is 2.34. The van der Waals surface area contributed by atoms with E-state index in [4.69, 9.17) is 0 Å². The lowest BCUT2D eigenvalue weighted by atomic mass is 9.97. The Balaban J connectivity index is 1.73. The molecule has 22 heavy (non-hydrogen) atoms. The third-order valence-electron chi connectivity index (χ3n) is 4.60. The van der Waals surface area contributed by atoms with Gasteiger partial charge in [0.1, 0.15) is 0 Å². The lowest BCUT2D eigenvalue weighted by Gasteiger charge is -2.23. The molecule has 0 fully saturated rings. The Morgan fingerprint density at radius 1 is 1.14 bits per heavy atom. The van der Waals surface area contributed by atoms with Gasteiger partial charge in [-0.2, -0.15) is 0 Å². The fraction of sp³-hybridized carbons (Fsp3) is 0.200. The van der Waals surface area contributed by atoms with Gasteiger partial charge in [0.25, 0.3) is 0 Å². The van der Waals surface area contributed by atoms with Crippen LogP contribution < -0.4 is 0 Å². The molecule has 0 bridgehead atoms. The highest BCUT2D eigenvalue weighted by atomic mass is 15.1. The van der Waals surface area contributed by atoms with Crippen LogP contribution in [0.15, 0.2) is 67.4 Å². The molecule has 3 aromatic rings. The molecule has 1 unspecified atom stereocenters. The Labute approximate surface area is 131 Å². The van der Waals surface area contributed by atoms with Crippen molar-refractivity contribution in [3.8, 4) is 0 Å². The van der Waals surface area contributed by atoms with Crippen molar-refractivity contribution < 1.29 is 0 Å². The summed E-state index contributed by atoms with van der Waals surface area (Å²) in [5, 5.41) is 1.39. The summed E-state index contributed by atoms with van der Waals surface area (Å²) in [6.07, 6.45) is 4.25. The Kier molecular flexibility index (Phi) is 3.32. The van der Waals surface area contributed by atoms with Gasteiger partial charge in [0.05, 0.1) is 0 Å². The molecule has 110 valence electrons. The van der Waals surface area contributed by atoms with Gasteiger partial charge in [-0.25, -0.2) is 0 Å². The molecule has 1 aliphatic heterocycles. The van der Waals surface area contributed by atoms with Crippen molar-refractivity contribution in [3.05, 3.63) is 84.1 Å². The van der Waals surface area contributed by atoms with Crippen molar-refractivity contribution in [3.63, 3.8) is 0 Å². The van der Waals surface area contributed by atoms with Crippen LogP contribution in [0.4, 0.5) is 0 Å². The van der Waals surface area contributed by atoms with Gasteiger partial charge in [0.15, 0.2) is 0 Å². The molecule has 0 saturated carbocycles. The van der Waals surface area contributed by atoms with Crippen molar-refractivity contribution in [1.82, 2.24) is 9.88 Å². The summed E-state index contributed by atoms with van der Waals surface area (Å²) in [6.45, 7) is 7.05. The van der Waals surface area contributed by atoms with Crippen LogP contribution in [0.1, 0.15) is 22.6 Å². The Morgan fingerprint density at radius 2 is 2.00 bits per heavy atom. The van der Waals surface area contributed by atoms with Crippen LogP contribution in [0, 0.1) is 0 Å². The molecule has 2 heteroatoms. The van der Waals surface area contributed by atoms with E-state index < -0.39 is 0 Å². The number of aromatic amines is 1. The Hall–Kier alpha value is -2.32. The number of hydrogen-bond acceptors (Lipinski definition) is 1. The minimum Gasteiger partial charge on any atom is -0.361 e. The zero-order valence-electron chi connectivity index (χ0n) is 12.6. The van der Waals surface area contributed by atoms with E-state index in [1.54, 1.807) is 0 Å². The number of nitrogens with zero attached hydrogens (tertiary/aromatic N) is 1. The van der Waals surface area contributed by atoms with Crippen LogP contribution in [-0.2, 0) is 13.1 Å². The normalized spacial score (nSPS) is 18.3. The molecule has 0 radical (unpaired) electrons. The molecule has 2 heterocycles. The highest BCUT2D eigenvalue weighted by Gasteiger charge is 2.23. The highest BCUT2D eigenvalue weighted by molar-refractivity contribution is 5.87. The molecule has 2 aromatic carbocycles. The average Bonchev–Trinajstić information content (AvgIpc) is 2.91. The zero-order valence-corrected chi connectivity index (χ0v) is 12.6. The number of nitrogens with one attached hydrogen (secondary N) is 1. The molecule has 0 aliphatic carbocycles. The number of H-pyrrole nitrogens is 1. The Morgan fingerprint density at radius 3 is 2.82 bits per heavy atom. The van der Waals surface area contributed by atoms with E-state index in [1.807, 2.05) is 0 Å². The SMILES string of the molecule is C=CC1CN(Cc2ccccc2)Cc2cccc3[nH]cc1c23. The van der Waals surface area contributed by atoms with E-state index in [9.17, 15) is 0 Å². The fourth-order valence-electron chi connectivity index (χ4n) is 3.56. The van der Waals surface area contributed by atoms with Gasteiger partial charge in [-0.3, -0.25) is 4.90 Å². The smallest absolute Gasteiger partial charge is 0.0460 e. The number of rotatable bonds is 3. The number of benzene rings is 2. The third-order valence-corrected chi connectivity index (χ3v) is 4.60. The van der Waals surface area contributed by atoms with Crippen LogP contribution >= 0.6 is 0 Å². The van der Waals surface area contributed by atoms with Crippen molar-refractivity contribution in [1.29, 1.82) is 0 Å². The fourth-order valence-corrected chi connectivity index (χ4v) is 3.56. The quantitative estimate of drug-likeness (QED) is 0.705. The molecule has 1 N–H and O–H groups in total. The number of aromatic nitrogens is 1. The molecule has 1 atom stereocenters. The number of hydrogen-bond donors (Lipinski definition) is 1. The van der Waals surface area contributed by atoms with E-state index in [-0.39, 0.29) is 0 Å². The largest absolute Gasteiger partial charge is 0.361 e. The molecule has 4 rings (SSSR count). The average molecular weight is 288 g/mol. The summed E-state index contributed by atoms with van der Waals surface area (Å²) in [6, 6.07) is 17.3. The molecule has 2 nitrogen and oxygen atoms in total. The van der Waals surface area contributed by atoms with Crippen LogP contribution in [0.3, 0.4) is 0 Å². The Bertz CT molecular complexity index is 801. The van der Waals surface area contributed by atoms with E-state index >= 15 is 0 Å². The van der Waals surface area contributed by atoms with E-state index in [0.29, 0.717) is 5.92 Å². The standard InChI is InChI=1S/C20H20N2/c1-2-16-13-22(12-15-7-4-3-5-8-15)14-17-9-6-10-19-20(17)18(16)11-21-19/h2-11,16,21H,1,12-14H2. The molecule has 0 spiro atoms. The summed E-state index contributed by atoms with van der Waals surface area (Å²) in [7, 11) is 0. The van der Waals surface area contributed by atoms with Gasteiger partial charge in [0, 0.05) is 42.7 Å². The maximum Gasteiger partial charge on any atom is 0.0460 e. The summed E-state index contributed by atoms with van der Waals surface area (Å²) in [4.78, 5) is 5.93. The third kappa shape index (κ3) is 2.26. The summed E-state index contributed by atoms with van der Waals surface area (Å²) in [5.74, 6) is 0.376. The van der Waals surface area contributed by atoms with E-state index in [2.05, 4.69) is 77.3 Å². The topological polar surface area (TPSA) is 19.0 Å². The van der Waals surface area contributed by atoms with Crippen LogP contribution in [-0.4, -0.2) is 16.4 Å².